The van der Waals surface area contributed by atoms with Crippen molar-refractivity contribution >= 4 is 5.82 Å². The topological polar surface area (TPSA) is 47.0 Å². The third-order valence-electron chi connectivity index (χ3n) is 2.65. The summed E-state index contributed by atoms with van der Waals surface area (Å²) in [6.45, 7) is 5.00. The van der Waals surface area contributed by atoms with E-state index in [0.29, 0.717) is 5.88 Å². The minimum absolute atomic E-state index is 0.502. The van der Waals surface area contributed by atoms with Crippen LogP contribution in [0.1, 0.15) is 25.8 Å². The standard InChI is InChI=1S/C15H19N3O/c1-3-5-12-6-8-13(9-7-12)19-15-11-16-10-14(18-15)17-4-2/h6-11H,3-5H2,1-2H3,(H,17,18). The van der Waals surface area contributed by atoms with Gasteiger partial charge >= 0.3 is 0 Å². The van der Waals surface area contributed by atoms with Gasteiger partial charge in [-0.3, -0.25) is 4.98 Å². The van der Waals surface area contributed by atoms with E-state index < -0.39 is 0 Å². The Morgan fingerprint density at radius 3 is 2.58 bits per heavy atom. The highest BCUT2D eigenvalue weighted by Gasteiger charge is 2.01. The normalized spacial score (nSPS) is 10.2. The number of hydrogen-bond acceptors (Lipinski definition) is 4. The number of anilines is 1. The van der Waals surface area contributed by atoms with Crippen LogP contribution in [0.4, 0.5) is 5.82 Å². The van der Waals surface area contributed by atoms with Crippen LogP contribution in [0.15, 0.2) is 36.7 Å². The molecule has 0 unspecified atom stereocenters. The van der Waals surface area contributed by atoms with Crippen LogP contribution >= 0.6 is 0 Å². The molecule has 4 heteroatoms. The smallest absolute Gasteiger partial charge is 0.239 e. The summed E-state index contributed by atoms with van der Waals surface area (Å²) < 4.78 is 5.68. The fraction of sp³-hybridized carbons (Fsp3) is 0.333. The van der Waals surface area contributed by atoms with Crippen molar-refractivity contribution in [3.63, 3.8) is 0 Å². The van der Waals surface area contributed by atoms with E-state index in [2.05, 4.69) is 34.3 Å². The molecule has 0 aliphatic heterocycles. The van der Waals surface area contributed by atoms with E-state index in [1.165, 1.54) is 5.56 Å². The molecule has 2 rings (SSSR count). The molecule has 0 radical (unpaired) electrons. The van der Waals surface area contributed by atoms with E-state index in [4.69, 9.17) is 4.74 Å². The first-order valence-corrected chi connectivity index (χ1v) is 6.64. The van der Waals surface area contributed by atoms with Crippen LogP contribution in [-0.4, -0.2) is 16.5 Å². The first-order chi connectivity index (χ1) is 9.31. The van der Waals surface area contributed by atoms with E-state index in [1.54, 1.807) is 12.4 Å². The van der Waals surface area contributed by atoms with Gasteiger partial charge in [-0.2, -0.15) is 4.98 Å². The molecule has 1 heterocycles. The zero-order chi connectivity index (χ0) is 13.5. The van der Waals surface area contributed by atoms with Gasteiger partial charge in [-0.15, -0.1) is 0 Å². The number of aryl methyl sites for hydroxylation is 1. The SMILES string of the molecule is CCCc1ccc(Oc2cncc(NCC)n2)cc1. The molecule has 1 aromatic heterocycles. The molecule has 0 atom stereocenters. The van der Waals surface area contributed by atoms with Gasteiger partial charge in [0.2, 0.25) is 5.88 Å². The van der Waals surface area contributed by atoms with Gasteiger partial charge in [-0.25, -0.2) is 0 Å². The van der Waals surface area contributed by atoms with Crippen LogP contribution in [0.2, 0.25) is 0 Å². The molecule has 0 amide bonds. The van der Waals surface area contributed by atoms with Gasteiger partial charge < -0.3 is 10.1 Å². The summed E-state index contributed by atoms with van der Waals surface area (Å²) in [5.74, 6) is 2.01. The van der Waals surface area contributed by atoms with Crippen LogP contribution in [-0.2, 0) is 6.42 Å². The highest BCUT2D eigenvalue weighted by molar-refractivity contribution is 5.35. The number of nitrogens with zero attached hydrogens (tertiary/aromatic N) is 2. The minimum Gasteiger partial charge on any atom is -0.437 e. The van der Waals surface area contributed by atoms with Crippen molar-refractivity contribution < 1.29 is 4.74 Å². The number of nitrogens with one attached hydrogen (secondary N) is 1. The lowest BCUT2D eigenvalue weighted by Gasteiger charge is -2.07. The van der Waals surface area contributed by atoms with Crippen molar-refractivity contribution in [2.45, 2.75) is 26.7 Å². The molecule has 0 spiro atoms. The summed E-state index contributed by atoms with van der Waals surface area (Å²) in [7, 11) is 0. The second-order valence-corrected chi connectivity index (χ2v) is 4.27. The summed E-state index contributed by atoms with van der Waals surface area (Å²) >= 11 is 0. The van der Waals surface area contributed by atoms with Crippen LogP contribution in [0.5, 0.6) is 11.6 Å². The summed E-state index contributed by atoms with van der Waals surface area (Å²) in [5.41, 5.74) is 1.32. The summed E-state index contributed by atoms with van der Waals surface area (Å²) in [6, 6.07) is 8.10. The average molecular weight is 257 g/mol. The second kappa shape index (κ2) is 6.73. The maximum atomic E-state index is 5.68. The fourth-order valence-electron chi connectivity index (χ4n) is 1.80. The number of benzene rings is 1. The van der Waals surface area contributed by atoms with E-state index in [-0.39, 0.29) is 0 Å². The Hall–Kier alpha value is -2.10. The first kappa shape index (κ1) is 13.3. The zero-order valence-electron chi connectivity index (χ0n) is 11.4. The quantitative estimate of drug-likeness (QED) is 0.858. The monoisotopic (exact) mass is 257 g/mol. The van der Waals surface area contributed by atoms with Crippen molar-refractivity contribution in [2.24, 2.45) is 0 Å². The molecule has 0 bridgehead atoms. The van der Waals surface area contributed by atoms with Crippen molar-refractivity contribution in [2.75, 3.05) is 11.9 Å². The molecule has 1 N–H and O–H groups in total. The minimum atomic E-state index is 0.502. The van der Waals surface area contributed by atoms with Gasteiger partial charge in [-0.05, 0) is 31.0 Å². The zero-order valence-corrected chi connectivity index (χ0v) is 11.4. The second-order valence-electron chi connectivity index (χ2n) is 4.27. The molecule has 4 nitrogen and oxygen atoms in total. The Bertz CT molecular complexity index is 511. The van der Waals surface area contributed by atoms with Crippen molar-refractivity contribution in [1.29, 1.82) is 0 Å². The molecule has 0 saturated heterocycles. The number of hydrogen-bond donors (Lipinski definition) is 1. The third kappa shape index (κ3) is 3.95. The Labute approximate surface area is 113 Å². The molecule has 19 heavy (non-hydrogen) atoms. The van der Waals surface area contributed by atoms with Crippen LogP contribution in [0.25, 0.3) is 0 Å². The van der Waals surface area contributed by atoms with Gasteiger partial charge in [0, 0.05) is 6.54 Å². The van der Waals surface area contributed by atoms with Gasteiger partial charge in [0.25, 0.3) is 0 Å². The Morgan fingerprint density at radius 2 is 1.89 bits per heavy atom. The predicted molar refractivity (Wildman–Crippen MR) is 76.7 cm³/mol. The molecule has 2 aromatic rings. The summed E-state index contributed by atoms with van der Waals surface area (Å²) in [5, 5.41) is 3.11. The van der Waals surface area contributed by atoms with E-state index in [0.717, 1.165) is 31.0 Å². The van der Waals surface area contributed by atoms with E-state index in [9.17, 15) is 0 Å². The van der Waals surface area contributed by atoms with E-state index >= 15 is 0 Å². The molecule has 0 fully saturated rings. The predicted octanol–water partition coefficient (Wildman–Crippen LogP) is 3.65. The third-order valence-corrected chi connectivity index (χ3v) is 2.65. The molecule has 1 aromatic carbocycles. The molecular weight excluding hydrogens is 238 g/mol. The van der Waals surface area contributed by atoms with Crippen LogP contribution in [0, 0.1) is 0 Å². The number of aromatic nitrogens is 2. The first-order valence-electron chi connectivity index (χ1n) is 6.64. The molecule has 0 aliphatic rings. The lowest BCUT2D eigenvalue weighted by Crippen LogP contribution is -2.00. The molecular formula is C15H19N3O. The summed E-state index contributed by atoms with van der Waals surface area (Å²) in [6.07, 6.45) is 5.54. The van der Waals surface area contributed by atoms with Crippen LogP contribution < -0.4 is 10.1 Å². The summed E-state index contributed by atoms with van der Waals surface area (Å²) in [4.78, 5) is 8.42. The molecule has 100 valence electrons. The fourth-order valence-corrected chi connectivity index (χ4v) is 1.80. The Morgan fingerprint density at radius 1 is 1.11 bits per heavy atom. The average Bonchev–Trinajstić information content (AvgIpc) is 2.42. The van der Waals surface area contributed by atoms with Crippen molar-refractivity contribution in [3.05, 3.63) is 42.2 Å². The van der Waals surface area contributed by atoms with Crippen molar-refractivity contribution in [3.8, 4) is 11.6 Å². The Kier molecular flexibility index (Phi) is 4.72. The Balaban J connectivity index is 2.05. The van der Waals surface area contributed by atoms with Gasteiger partial charge in [0.15, 0.2) is 0 Å². The van der Waals surface area contributed by atoms with Gasteiger partial charge in [0.05, 0.1) is 12.4 Å². The number of ether oxygens (including phenoxy) is 1. The highest BCUT2D eigenvalue weighted by atomic mass is 16.5. The van der Waals surface area contributed by atoms with Crippen LogP contribution in [0.3, 0.4) is 0 Å². The maximum absolute atomic E-state index is 5.68. The highest BCUT2D eigenvalue weighted by Crippen LogP contribution is 2.20. The lowest BCUT2D eigenvalue weighted by molar-refractivity contribution is 0.460. The lowest BCUT2D eigenvalue weighted by atomic mass is 10.1. The maximum Gasteiger partial charge on any atom is 0.239 e. The van der Waals surface area contributed by atoms with Gasteiger partial charge in [0.1, 0.15) is 11.6 Å². The van der Waals surface area contributed by atoms with E-state index in [1.807, 2.05) is 19.1 Å². The number of rotatable bonds is 6. The van der Waals surface area contributed by atoms with Gasteiger partial charge in [-0.1, -0.05) is 25.5 Å². The molecule has 0 saturated carbocycles. The van der Waals surface area contributed by atoms with Crippen molar-refractivity contribution in [1.82, 2.24) is 9.97 Å². The molecule has 0 aliphatic carbocycles. The largest absolute Gasteiger partial charge is 0.437 e.